The number of amides is 1. The summed E-state index contributed by atoms with van der Waals surface area (Å²) in [4.78, 5) is 19.8. The van der Waals surface area contributed by atoms with Crippen molar-refractivity contribution in [3.8, 4) is 28.7 Å². The number of methoxy groups -OCH3 is 4. The number of fused-ring (bicyclic) bond motifs is 1. The minimum Gasteiger partial charge on any atom is -0.504 e. The van der Waals surface area contributed by atoms with E-state index in [9.17, 15) is 9.90 Å². The first-order valence-corrected chi connectivity index (χ1v) is 13.2. The summed E-state index contributed by atoms with van der Waals surface area (Å²) in [5, 5.41) is 10.9. The maximum atomic E-state index is 13.6. The van der Waals surface area contributed by atoms with E-state index in [0.29, 0.717) is 39.3 Å². The van der Waals surface area contributed by atoms with Crippen molar-refractivity contribution < 1.29 is 28.8 Å². The molecule has 1 heterocycles. The molecule has 0 aliphatic carbocycles. The second-order valence-corrected chi connectivity index (χ2v) is 10.4. The van der Waals surface area contributed by atoms with Gasteiger partial charge in [0.15, 0.2) is 27.3 Å². The summed E-state index contributed by atoms with van der Waals surface area (Å²) >= 11 is 8.93. The fourth-order valence-electron chi connectivity index (χ4n) is 3.71. The molecule has 8 nitrogen and oxygen atoms in total. The molecule has 3 aromatic carbocycles. The zero-order valence-electron chi connectivity index (χ0n) is 20.6. The van der Waals surface area contributed by atoms with E-state index >= 15 is 0 Å². The zero-order chi connectivity index (χ0) is 26.5. The van der Waals surface area contributed by atoms with E-state index < -0.39 is 0 Å². The van der Waals surface area contributed by atoms with Crippen LogP contribution in [0.15, 0.2) is 52.9 Å². The van der Waals surface area contributed by atoms with Gasteiger partial charge in [-0.15, -0.1) is 11.3 Å². The van der Waals surface area contributed by atoms with Crippen LogP contribution >= 0.6 is 34.7 Å². The molecule has 0 spiro atoms. The molecule has 0 fully saturated rings. The van der Waals surface area contributed by atoms with Crippen LogP contribution < -0.4 is 23.8 Å². The summed E-state index contributed by atoms with van der Waals surface area (Å²) in [5.74, 6) is 1.55. The highest BCUT2D eigenvalue weighted by molar-refractivity contribution is 8.01. The van der Waals surface area contributed by atoms with Crippen LogP contribution in [0.5, 0.6) is 28.7 Å². The normalized spacial score (nSPS) is 10.8. The number of benzene rings is 3. The third-order valence-corrected chi connectivity index (χ3v) is 7.89. The number of phenols is 1. The molecule has 37 heavy (non-hydrogen) atoms. The van der Waals surface area contributed by atoms with Gasteiger partial charge in [-0.25, -0.2) is 4.98 Å². The standard InChI is InChI=1S/C26H25ClN2O6S2/c1-32-20-7-5-15(9-19(20)30)13-29(17-11-21(33-2)25(35-4)22(12-17)34-3)24(31)14-36-26-28-18-10-16(27)6-8-23(18)37-26/h5-12,30H,13-14H2,1-4H3. The van der Waals surface area contributed by atoms with Crippen LogP contribution in [0.1, 0.15) is 5.56 Å². The number of carbonyl (C=O) groups is 1. The molecular weight excluding hydrogens is 536 g/mol. The molecule has 0 unspecified atom stereocenters. The van der Waals surface area contributed by atoms with E-state index in [-0.39, 0.29) is 24.0 Å². The summed E-state index contributed by atoms with van der Waals surface area (Å²) in [6, 6.07) is 14.0. The molecule has 0 atom stereocenters. The Bertz CT molecular complexity index is 1400. The predicted octanol–water partition coefficient (Wildman–Crippen LogP) is 6.02. The van der Waals surface area contributed by atoms with Crippen LogP contribution in [0, 0.1) is 0 Å². The van der Waals surface area contributed by atoms with Crippen LogP contribution in [0.4, 0.5) is 5.69 Å². The molecule has 11 heteroatoms. The Morgan fingerprint density at radius 1 is 0.973 bits per heavy atom. The lowest BCUT2D eigenvalue weighted by molar-refractivity contribution is -0.116. The van der Waals surface area contributed by atoms with E-state index in [1.165, 1.54) is 51.5 Å². The number of aromatic nitrogens is 1. The molecule has 1 aromatic heterocycles. The number of hydrogen-bond donors (Lipinski definition) is 1. The highest BCUT2D eigenvalue weighted by atomic mass is 35.5. The van der Waals surface area contributed by atoms with Gasteiger partial charge in [0.2, 0.25) is 11.7 Å². The smallest absolute Gasteiger partial charge is 0.237 e. The number of ether oxygens (including phenoxy) is 4. The summed E-state index contributed by atoms with van der Waals surface area (Å²) in [7, 11) is 6.03. The third-order valence-electron chi connectivity index (χ3n) is 5.50. The molecule has 0 saturated carbocycles. The maximum absolute atomic E-state index is 13.6. The van der Waals surface area contributed by atoms with Gasteiger partial charge in [-0.3, -0.25) is 4.79 Å². The van der Waals surface area contributed by atoms with Crippen LogP contribution in [0.25, 0.3) is 10.2 Å². The van der Waals surface area contributed by atoms with Crippen molar-refractivity contribution in [1.29, 1.82) is 0 Å². The number of aromatic hydroxyl groups is 1. The largest absolute Gasteiger partial charge is 0.504 e. The minimum atomic E-state index is -0.174. The number of anilines is 1. The topological polar surface area (TPSA) is 90.4 Å². The second kappa shape index (κ2) is 11.8. The number of halogens is 1. The number of phenolic OH excluding ortho intramolecular Hbond substituents is 1. The van der Waals surface area contributed by atoms with Gasteiger partial charge in [0, 0.05) is 17.2 Å². The third kappa shape index (κ3) is 5.98. The van der Waals surface area contributed by atoms with Gasteiger partial charge in [0.1, 0.15) is 0 Å². The fourth-order valence-corrected chi connectivity index (χ4v) is 5.80. The molecule has 4 rings (SSSR count). The molecule has 4 aromatic rings. The average Bonchev–Trinajstić information content (AvgIpc) is 3.31. The van der Waals surface area contributed by atoms with Crippen LogP contribution in [-0.4, -0.2) is 50.2 Å². The molecule has 0 bridgehead atoms. The summed E-state index contributed by atoms with van der Waals surface area (Å²) in [6.07, 6.45) is 0. The zero-order valence-corrected chi connectivity index (χ0v) is 23.0. The molecular formula is C26H25ClN2O6S2. The SMILES string of the molecule is COc1ccc(CN(C(=O)CSc2nc3cc(Cl)ccc3s2)c2cc(OC)c(OC)c(OC)c2)cc1O. The van der Waals surface area contributed by atoms with Crippen molar-refractivity contribution >= 4 is 56.5 Å². The van der Waals surface area contributed by atoms with Gasteiger partial charge in [0.25, 0.3) is 0 Å². The monoisotopic (exact) mass is 560 g/mol. The average molecular weight is 561 g/mol. The highest BCUT2D eigenvalue weighted by Gasteiger charge is 2.23. The van der Waals surface area contributed by atoms with Crippen molar-refractivity contribution in [3.05, 3.63) is 59.1 Å². The molecule has 0 aliphatic rings. The van der Waals surface area contributed by atoms with Gasteiger partial charge in [-0.05, 0) is 35.9 Å². The lowest BCUT2D eigenvalue weighted by atomic mass is 10.1. The Labute approximate surface area is 227 Å². The number of thiazole rings is 1. The van der Waals surface area contributed by atoms with Gasteiger partial charge in [-0.1, -0.05) is 29.4 Å². The number of nitrogens with zero attached hydrogens (tertiary/aromatic N) is 2. The first-order valence-electron chi connectivity index (χ1n) is 11.0. The Morgan fingerprint density at radius 3 is 2.30 bits per heavy atom. The first-order chi connectivity index (χ1) is 17.9. The van der Waals surface area contributed by atoms with Gasteiger partial charge < -0.3 is 29.0 Å². The predicted molar refractivity (Wildman–Crippen MR) is 147 cm³/mol. The first kappa shape index (κ1) is 26.7. The van der Waals surface area contributed by atoms with Crippen molar-refractivity contribution in [2.75, 3.05) is 39.1 Å². The maximum Gasteiger partial charge on any atom is 0.237 e. The van der Waals surface area contributed by atoms with Gasteiger partial charge in [-0.2, -0.15) is 0 Å². The Kier molecular flexibility index (Phi) is 8.52. The molecule has 0 aliphatic heterocycles. The Balaban J connectivity index is 1.66. The quantitative estimate of drug-likeness (QED) is 0.236. The van der Waals surface area contributed by atoms with Crippen LogP contribution in [-0.2, 0) is 11.3 Å². The van der Waals surface area contributed by atoms with Crippen LogP contribution in [0.2, 0.25) is 5.02 Å². The Morgan fingerprint density at radius 2 is 1.68 bits per heavy atom. The number of carbonyl (C=O) groups excluding carboxylic acids is 1. The molecule has 0 saturated heterocycles. The van der Waals surface area contributed by atoms with Crippen molar-refractivity contribution in [1.82, 2.24) is 4.98 Å². The molecule has 1 N–H and O–H groups in total. The number of thioether (sulfide) groups is 1. The van der Waals surface area contributed by atoms with Crippen molar-refractivity contribution in [2.45, 2.75) is 10.9 Å². The molecule has 0 radical (unpaired) electrons. The molecule has 194 valence electrons. The van der Waals surface area contributed by atoms with Gasteiger partial charge >= 0.3 is 0 Å². The highest BCUT2D eigenvalue weighted by Crippen LogP contribution is 2.42. The number of hydrogen-bond acceptors (Lipinski definition) is 9. The van der Waals surface area contributed by atoms with E-state index in [0.717, 1.165) is 14.6 Å². The minimum absolute atomic E-state index is 0.0141. The van der Waals surface area contributed by atoms with E-state index in [1.807, 2.05) is 12.1 Å². The van der Waals surface area contributed by atoms with E-state index in [2.05, 4.69) is 4.98 Å². The number of rotatable bonds is 10. The summed E-state index contributed by atoms with van der Waals surface area (Å²) in [6.45, 7) is 0.186. The summed E-state index contributed by atoms with van der Waals surface area (Å²) < 4.78 is 23.3. The lowest BCUT2D eigenvalue weighted by Gasteiger charge is -2.25. The lowest BCUT2D eigenvalue weighted by Crippen LogP contribution is -2.32. The molecule has 1 amide bonds. The van der Waals surface area contributed by atoms with Crippen LogP contribution in [0.3, 0.4) is 0 Å². The van der Waals surface area contributed by atoms with Crippen molar-refractivity contribution in [3.63, 3.8) is 0 Å². The van der Waals surface area contributed by atoms with E-state index in [4.69, 9.17) is 30.5 Å². The Hall–Kier alpha value is -3.34. The fraction of sp³-hybridized carbons (Fsp3) is 0.231. The van der Waals surface area contributed by atoms with Crippen molar-refractivity contribution in [2.24, 2.45) is 0 Å². The van der Waals surface area contributed by atoms with Gasteiger partial charge in [0.05, 0.1) is 56.6 Å². The second-order valence-electron chi connectivity index (χ2n) is 7.75. The summed E-state index contributed by atoms with van der Waals surface area (Å²) in [5.41, 5.74) is 2.05. The van der Waals surface area contributed by atoms with E-state index in [1.54, 1.807) is 41.3 Å².